The molecule has 2 rings (SSSR count). The van der Waals surface area contributed by atoms with Gasteiger partial charge < -0.3 is 5.32 Å². The van der Waals surface area contributed by atoms with E-state index in [2.05, 4.69) is 24.2 Å². The number of amidine groups is 1. The standard InChI is InChI=1S/C14H18Cl2N2S/c1-3-9(4-2)13-8-17-14(19-13)18-12-6-5-10(15)7-11(12)16/h5-7,9,13H,3-4,8H2,1-2H3,(H,17,18). The normalized spacial score (nSPS) is 18.8. The summed E-state index contributed by atoms with van der Waals surface area (Å²) < 4.78 is 0. The van der Waals surface area contributed by atoms with Crippen molar-refractivity contribution in [2.45, 2.75) is 31.9 Å². The van der Waals surface area contributed by atoms with Gasteiger partial charge >= 0.3 is 0 Å². The van der Waals surface area contributed by atoms with Crippen molar-refractivity contribution in [3.63, 3.8) is 0 Å². The van der Waals surface area contributed by atoms with Crippen molar-refractivity contribution in [1.82, 2.24) is 0 Å². The largest absolute Gasteiger partial charge is 0.334 e. The predicted molar refractivity (Wildman–Crippen MR) is 87.8 cm³/mol. The molecule has 0 aliphatic carbocycles. The molecular weight excluding hydrogens is 299 g/mol. The smallest absolute Gasteiger partial charge is 0.161 e. The quantitative estimate of drug-likeness (QED) is 0.813. The molecule has 1 unspecified atom stereocenters. The highest BCUT2D eigenvalue weighted by Gasteiger charge is 2.26. The molecule has 0 amide bonds. The number of anilines is 1. The fraction of sp³-hybridized carbons (Fsp3) is 0.500. The van der Waals surface area contributed by atoms with Crippen LogP contribution in [0.5, 0.6) is 0 Å². The highest BCUT2D eigenvalue weighted by molar-refractivity contribution is 8.15. The highest BCUT2D eigenvalue weighted by atomic mass is 35.5. The molecule has 1 aliphatic heterocycles. The van der Waals surface area contributed by atoms with Crippen LogP contribution in [-0.2, 0) is 0 Å². The number of nitrogens with one attached hydrogen (secondary N) is 1. The van der Waals surface area contributed by atoms with Gasteiger partial charge in [-0.3, -0.25) is 4.99 Å². The number of benzene rings is 1. The zero-order valence-corrected chi connectivity index (χ0v) is 13.4. The Morgan fingerprint density at radius 3 is 2.74 bits per heavy atom. The fourth-order valence-corrected chi connectivity index (χ4v) is 4.01. The summed E-state index contributed by atoms with van der Waals surface area (Å²) in [5, 5.41) is 6.11. The summed E-state index contributed by atoms with van der Waals surface area (Å²) in [7, 11) is 0. The molecule has 5 heteroatoms. The van der Waals surface area contributed by atoms with Gasteiger partial charge in [0.2, 0.25) is 0 Å². The molecule has 1 aromatic carbocycles. The Labute approximate surface area is 129 Å². The molecule has 0 saturated heterocycles. The summed E-state index contributed by atoms with van der Waals surface area (Å²) in [6, 6.07) is 5.45. The van der Waals surface area contributed by atoms with Crippen LogP contribution in [0.1, 0.15) is 26.7 Å². The van der Waals surface area contributed by atoms with Gasteiger partial charge in [0.15, 0.2) is 5.17 Å². The van der Waals surface area contributed by atoms with Crippen molar-refractivity contribution in [2.75, 3.05) is 11.9 Å². The Hall–Kier alpha value is -0.380. The first-order valence-electron chi connectivity index (χ1n) is 6.57. The first-order valence-corrected chi connectivity index (χ1v) is 8.20. The van der Waals surface area contributed by atoms with Crippen LogP contribution in [0.3, 0.4) is 0 Å². The molecular formula is C14H18Cl2N2S. The molecule has 0 bridgehead atoms. The molecule has 1 aliphatic rings. The van der Waals surface area contributed by atoms with Crippen LogP contribution < -0.4 is 5.32 Å². The summed E-state index contributed by atoms with van der Waals surface area (Å²) in [5.74, 6) is 0.730. The second kappa shape index (κ2) is 6.87. The second-order valence-corrected chi connectivity index (χ2v) is 6.70. The Bertz CT molecular complexity index is 473. The number of thioether (sulfide) groups is 1. The Balaban J connectivity index is 1.98. The molecule has 0 fully saturated rings. The van der Waals surface area contributed by atoms with E-state index in [1.54, 1.807) is 6.07 Å². The molecule has 104 valence electrons. The van der Waals surface area contributed by atoms with Crippen molar-refractivity contribution in [2.24, 2.45) is 10.9 Å². The van der Waals surface area contributed by atoms with Crippen molar-refractivity contribution < 1.29 is 0 Å². The molecule has 0 saturated carbocycles. The van der Waals surface area contributed by atoms with Crippen molar-refractivity contribution >= 4 is 45.8 Å². The third-order valence-electron chi connectivity index (χ3n) is 3.43. The van der Waals surface area contributed by atoms with Gasteiger partial charge in [-0.15, -0.1) is 0 Å². The Morgan fingerprint density at radius 1 is 1.37 bits per heavy atom. The average Bonchev–Trinajstić information content (AvgIpc) is 2.83. The minimum absolute atomic E-state index is 0.587. The summed E-state index contributed by atoms with van der Waals surface area (Å²) in [6.45, 7) is 5.39. The molecule has 0 spiro atoms. The summed E-state index contributed by atoms with van der Waals surface area (Å²) in [4.78, 5) is 4.57. The summed E-state index contributed by atoms with van der Waals surface area (Å²) >= 11 is 13.9. The van der Waals surface area contributed by atoms with Gasteiger partial charge in [0.25, 0.3) is 0 Å². The molecule has 1 N–H and O–H groups in total. The fourth-order valence-electron chi connectivity index (χ4n) is 2.23. The topological polar surface area (TPSA) is 24.4 Å². The average molecular weight is 317 g/mol. The second-order valence-electron chi connectivity index (χ2n) is 4.63. The van der Waals surface area contributed by atoms with Crippen LogP contribution in [0.2, 0.25) is 10.0 Å². The Morgan fingerprint density at radius 2 is 2.11 bits per heavy atom. The van der Waals surface area contributed by atoms with Gasteiger partial charge in [0.05, 0.1) is 17.3 Å². The molecule has 1 heterocycles. The molecule has 2 nitrogen and oxygen atoms in total. The van der Waals surface area contributed by atoms with Gasteiger partial charge in [0.1, 0.15) is 0 Å². The SMILES string of the molecule is CCC(CC)C1CN=C(Nc2ccc(Cl)cc2Cl)S1. The van der Waals surface area contributed by atoms with E-state index >= 15 is 0 Å². The van der Waals surface area contributed by atoms with E-state index in [0.29, 0.717) is 15.3 Å². The first-order chi connectivity index (χ1) is 9.13. The van der Waals surface area contributed by atoms with E-state index in [1.165, 1.54) is 12.8 Å². The number of aliphatic imine (C=N–C) groups is 1. The summed E-state index contributed by atoms with van der Waals surface area (Å²) in [6.07, 6.45) is 2.41. The lowest BCUT2D eigenvalue weighted by Gasteiger charge is -2.18. The number of rotatable bonds is 4. The molecule has 0 radical (unpaired) electrons. The van der Waals surface area contributed by atoms with Crippen LogP contribution in [0.15, 0.2) is 23.2 Å². The monoisotopic (exact) mass is 316 g/mol. The van der Waals surface area contributed by atoms with Crippen LogP contribution in [-0.4, -0.2) is 17.0 Å². The van der Waals surface area contributed by atoms with E-state index in [1.807, 2.05) is 23.9 Å². The van der Waals surface area contributed by atoms with Crippen LogP contribution >= 0.6 is 35.0 Å². The van der Waals surface area contributed by atoms with Gasteiger partial charge in [-0.05, 0) is 24.1 Å². The van der Waals surface area contributed by atoms with Gasteiger partial charge in [0, 0.05) is 10.3 Å². The zero-order valence-electron chi connectivity index (χ0n) is 11.1. The highest BCUT2D eigenvalue weighted by Crippen LogP contribution is 2.33. The lowest BCUT2D eigenvalue weighted by atomic mass is 9.99. The zero-order chi connectivity index (χ0) is 13.8. The van der Waals surface area contributed by atoms with Gasteiger partial charge in [-0.1, -0.05) is 61.7 Å². The van der Waals surface area contributed by atoms with Crippen LogP contribution in [0, 0.1) is 5.92 Å². The van der Waals surface area contributed by atoms with E-state index in [-0.39, 0.29) is 0 Å². The number of hydrogen-bond donors (Lipinski definition) is 1. The third-order valence-corrected chi connectivity index (χ3v) is 5.26. The molecule has 1 atom stereocenters. The maximum absolute atomic E-state index is 6.15. The van der Waals surface area contributed by atoms with E-state index in [4.69, 9.17) is 23.2 Å². The number of hydrogen-bond acceptors (Lipinski definition) is 3. The van der Waals surface area contributed by atoms with Gasteiger partial charge in [-0.25, -0.2) is 0 Å². The first kappa shape index (κ1) is 15.0. The van der Waals surface area contributed by atoms with Crippen LogP contribution in [0.25, 0.3) is 0 Å². The summed E-state index contributed by atoms with van der Waals surface area (Å²) in [5.41, 5.74) is 0.863. The maximum Gasteiger partial charge on any atom is 0.161 e. The maximum atomic E-state index is 6.15. The minimum Gasteiger partial charge on any atom is -0.334 e. The van der Waals surface area contributed by atoms with Crippen LogP contribution in [0.4, 0.5) is 5.69 Å². The Kier molecular flexibility index (Phi) is 5.43. The van der Waals surface area contributed by atoms with Gasteiger partial charge in [-0.2, -0.15) is 0 Å². The van der Waals surface area contributed by atoms with Crippen molar-refractivity contribution in [3.05, 3.63) is 28.2 Å². The number of nitrogens with zero attached hydrogens (tertiary/aromatic N) is 1. The lowest BCUT2D eigenvalue weighted by Crippen LogP contribution is -2.17. The minimum atomic E-state index is 0.587. The predicted octanol–water partition coefficient (Wildman–Crippen LogP) is 5.31. The third kappa shape index (κ3) is 3.80. The van der Waals surface area contributed by atoms with E-state index in [0.717, 1.165) is 23.3 Å². The molecule has 0 aromatic heterocycles. The van der Waals surface area contributed by atoms with Crippen molar-refractivity contribution in [3.8, 4) is 0 Å². The van der Waals surface area contributed by atoms with Crippen molar-refractivity contribution in [1.29, 1.82) is 0 Å². The van der Waals surface area contributed by atoms with E-state index < -0.39 is 0 Å². The molecule has 19 heavy (non-hydrogen) atoms. The molecule has 1 aromatic rings. The number of halogens is 2. The van der Waals surface area contributed by atoms with E-state index in [9.17, 15) is 0 Å². The lowest BCUT2D eigenvalue weighted by molar-refractivity contribution is 0.479.